The third-order valence-electron chi connectivity index (χ3n) is 19.9. The topological polar surface area (TPSA) is 232 Å². The Morgan fingerprint density at radius 2 is 1.13 bits per heavy atom. The second-order valence-corrected chi connectivity index (χ2v) is 25.9. The minimum absolute atomic E-state index is 0.000722. The van der Waals surface area contributed by atoms with E-state index in [9.17, 15) is 28.8 Å². The second kappa shape index (κ2) is 36.5. The van der Waals surface area contributed by atoms with Gasteiger partial charge in [-0.3, -0.25) is 43.2 Å². The lowest BCUT2D eigenvalue weighted by Crippen LogP contribution is -2.58. The first-order chi connectivity index (χ1) is 45.7. The number of nitrogens with one attached hydrogen (secondary N) is 6. The molecule has 4 aliphatic rings. The summed E-state index contributed by atoms with van der Waals surface area (Å²) in [5, 5.41) is 18.9. The predicted molar refractivity (Wildman–Crippen MR) is 364 cm³/mol. The van der Waals surface area contributed by atoms with Crippen LogP contribution in [0, 0.1) is 41.4 Å². The summed E-state index contributed by atoms with van der Waals surface area (Å²) in [6.07, 6.45) is 9.66. The number of amides is 5. The Morgan fingerprint density at radius 1 is 0.574 bits per heavy atom. The summed E-state index contributed by atoms with van der Waals surface area (Å²) in [6.45, 7) is 5.39. The molecule has 0 aliphatic carbocycles. The number of ketones is 4. The van der Waals surface area contributed by atoms with Crippen LogP contribution in [0.25, 0.3) is 0 Å². The highest BCUT2D eigenvalue weighted by Gasteiger charge is 2.51. The molecule has 4 saturated heterocycles. The number of Topliss-reactive ketones (excluding diaryl/α,β-unsaturated/α-hetero) is 4. The van der Waals surface area contributed by atoms with E-state index in [1.54, 1.807) is 23.9 Å². The summed E-state index contributed by atoms with van der Waals surface area (Å²) in [4.78, 5) is 131. The molecule has 0 unspecified atom stereocenters. The van der Waals surface area contributed by atoms with Crippen LogP contribution in [0.1, 0.15) is 171 Å². The van der Waals surface area contributed by atoms with Gasteiger partial charge in [-0.2, -0.15) is 0 Å². The van der Waals surface area contributed by atoms with Gasteiger partial charge < -0.3 is 41.7 Å². The number of carbonyl (C=O) groups is 9. The lowest BCUT2D eigenvalue weighted by Gasteiger charge is -2.38. The maximum atomic E-state index is 15.2. The van der Waals surface area contributed by atoms with Crippen LogP contribution in [0.2, 0.25) is 0 Å². The first-order valence-corrected chi connectivity index (χ1v) is 34.5. The van der Waals surface area contributed by atoms with Gasteiger partial charge >= 0.3 is 0 Å². The van der Waals surface area contributed by atoms with Crippen molar-refractivity contribution in [2.24, 2.45) is 17.8 Å². The van der Waals surface area contributed by atoms with Crippen molar-refractivity contribution in [1.82, 2.24) is 41.7 Å². The average Bonchev–Trinajstić information content (AvgIpc) is 1.15. The number of hydrogen-bond donors (Lipinski definition) is 6. The highest BCUT2D eigenvalue weighted by molar-refractivity contribution is 6.00. The van der Waals surface area contributed by atoms with Crippen molar-refractivity contribution in [2.45, 2.75) is 209 Å². The van der Waals surface area contributed by atoms with E-state index in [0.717, 1.165) is 24.0 Å². The number of hydrogen-bond acceptors (Lipinski definition) is 12. The van der Waals surface area contributed by atoms with Gasteiger partial charge in [0.15, 0.2) is 17.3 Å². The summed E-state index contributed by atoms with van der Waals surface area (Å²) in [5.74, 6) is 8.82. The molecule has 4 aliphatic heterocycles. The Kier molecular flexibility index (Phi) is 27.9. The van der Waals surface area contributed by atoms with E-state index in [0.29, 0.717) is 101 Å². The van der Waals surface area contributed by atoms with E-state index in [1.165, 1.54) is 0 Å². The first kappa shape index (κ1) is 71.8. The minimum atomic E-state index is -1.63. The smallest absolute Gasteiger partial charge is 0.246 e. The average molecular weight is 1280 g/mol. The van der Waals surface area contributed by atoms with Crippen molar-refractivity contribution < 1.29 is 43.2 Å². The monoisotopic (exact) mass is 1280 g/mol. The van der Waals surface area contributed by atoms with E-state index in [4.69, 9.17) is 0 Å². The highest BCUT2D eigenvalue weighted by atomic mass is 16.2. The van der Waals surface area contributed by atoms with Gasteiger partial charge in [-0.05, 0) is 156 Å². The molecule has 0 radical (unpaired) electrons. The SMILES string of the molecule is CC[C@H](NC)C(=O)C[C@@H]1C(=O)N2[C@@H](CC[C@@H]1CCNCc1ccccc1)CC[C@H]2C(=O)NC(C(=O)CCCNC(=O)CCC#CC#CCCC(=O)CC[C@H]1CC[C@H]2CC[C@@H](C(=O)CCc3ccccc3)N2C(=O)[C@H]1NC(=O)[C@H](CC)NC)(c1ccccc1)c1ccccc1. The summed E-state index contributed by atoms with van der Waals surface area (Å²) >= 11 is 0. The normalized spacial score (nSPS) is 21.5. The number of aryl methyl sites for hydroxylation is 1. The van der Waals surface area contributed by atoms with Crippen molar-refractivity contribution in [2.75, 3.05) is 27.2 Å². The lowest BCUT2D eigenvalue weighted by molar-refractivity contribution is -0.146. The van der Waals surface area contributed by atoms with Gasteiger partial charge in [0.2, 0.25) is 29.5 Å². The maximum Gasteiger partial charge on any atom is 0.246 e. The Morgan fingerprint density at radius 3 is 1.73 bits per heavy atom. The molecule has 6 N–H and O–H groups in total. The molecule has 4 aromatic carbocycles. The molecule has 10 atom stereocenters. The molecule has 0 spiro atoms. The largest absolute Gasteiger partial charge is 0.356 e. The van der Waals surface area contributed by atoms with E-state index >= 15 is 14.4 Å². The van der Waals surface area contributed by atoms with Gasteiger partial charge in [-0.1, -0.05) is 147 Å². The number of rotatable bonds is 34. The number of benzene rings is 4. The molecular formula is C77H98N8O9. The van der Waals surface area contributed by atoms with Gasteiger partial charge in [0, 0.05) is 82.5 Å². The Bertz CT molecular complexity index is 3280. The third kappa shape index (κ3) is 19.1. The fourth-order valence-electron chi connectivity index (χ4n) is 14.7. The van der Waals surface area contributed by atoms with Crippen LogP contribution in [-0.4, -0.2) is 132 Å². The summed E-state index contributed by atoms with van der Waals surface area (Å²) in [5.41, 5.74) is 1.72. The molecule has 0 aromatic heterocycles. The number of nitrogens with zero attached hydrogens (tertiary/aromatic N) is 2. The standard InChI is InChI=1S/C77H98N8O9/c1-5-64(78-3)69(88)52-63-56(49-51-80-53-55-28-17-12-18-29-55)38-41-61-44-47-67(85(61)75(63)93)74(92)83-77(58-30-19-13-20-31-58,59-32-21-14-22-33-59)70(89)35-25-50-81-71(90)36-24-10-8-7-9-23-34-62(86)45-40-57-39-42-60-43-46-66(68(87)48-37-54-26-15-11-16-27-54)84(60)76(94)72(57)82-73(91)65(6-2)79-4/h11-22,26-33,56-57,60-61,63-67,72,78-80H,5-6,23-25,34-53H2,1-4H3,(H,81,90)(H,82,91)(H,83,92)/t56-,57-,60+,61+,63+,64+,65+,66+,67+,72+/m1/s1. The Labute approximate surface area is 556 Å². The molecule has 4 heterocycles. The Hall–Kier alpha value is -8.09. The lowest BCUT2D eigenvalue weighted by atomic mass is 9.77. The maximum absolute atomic E-state index is 15.2. The molecule has 500 valence electrons. The molecule has 4 aromatic rings. The van der Waals surface area contributed by atoms with Gasteiger partial charge in [0.25, 0.3) is 0 Å². The molecule has 0 bridgehead atoms. The molecule has 17 nitrogen and oxygen atoms in total. The molecule has 5 amide bonds. The molecule has 0 saturated carbocycles. The summed E-state index contributed by atoms with van der Waals surface area (Å²) < 4.78 is 0. The summed E-state index contributed by atoms with van der Waals surface area (Å²) in [6, 6.07) is 34.8. The summed E-state index contributed by atoms with van der Waals surface area (Å²) in [7, 11) is 3.47. The zero-order chi connectivity index (χ0) is 66.8. The van der Waals surface area contributed by atoms with Crippen LogP contribution >= 0.6 is 0 Å². The number of fused-ring (bicyclic) bond motifs is 2. The van der Waals surface area contributed by atoms with Gasteiger partial charge in [0.1, 0.15) is 23.4 Å². The minimum Gasteiger partial charge on any atom is -0.356 e. The predicted octanol–water partition coefficient (Wildman–Crippen LogP) is 8.41. The first-order valence-electron chi connectivity index (χ1n) is 34.5. The molecule has 4 fully saturated rings. The molecular weight excluding hydrogens is 1180 g/mol. The fourth-order valence-corrected chi connectivity index (χ4v) is 14.7. The van der Waals surface area contributed by atoms with E-state index < -0.39 is 47.6 Å². The Balaban J connectivity index is 0.827. The number of carbonyl (C=O) groups excluding carboxylic acids is 9. The molecule has 17 heteroatoms. The van der Waals surface area contributed by atoms with Crippen LogP contribution in [0.4, 0.5) is 0 Å². The van der Waals surface area contributed by atoms with Crippen molar-refractivity contribution in [3.63, 3.8) is 0 Å². The van der Waals surface area contributed by atoms with Crippen LogP contribution in [-0.2, 0) is 61.7 Å². The van der Waals surface area contributed by atoms with E-state index in [2.05, 4.69) is 67.7 Å². The van der Waals surface area contributed by atoms with Crippen molar-refractivity contribution in [3.05, 3.63) is 144 Å². The fraction of sp³-hybridized carbons (Fsp3) is 0.519. The zero-order valence-corrected chi connectivity index (χ0v) is 55.6. The van der Waals surface area contributed by atoms with Crippen LogP contribution in [0.15, 0.2) is 121 Å². The van der Waals surface area contributed by atoms with Crippen LogP contribution in [0.3, 0.4) is 0 Å². The van der Waals surface area contributed by atoms with Gasteiger partial charge in [-0.25, -0.2) is 0 Å². The van der Waals surface area contributed by atoms with Crippen molar-refractivity contribution in [3.8, 4) is 23.7 Å². The third-order valence-corrected chi connectivity index (χ3v) is 19.9. The molecule has 94 heavy (non-hydrogen) atoms. The second-order valence-electron chi connectivity index (χ2n) is 25.9. The van der Waals surface area contributed by atoms with E-state index in [1.807, 2.05) is 123 Å². The van der Waals surface area contributed by atoms with E-state index in [-0.39, 0.29) is 129 Å². The van der Waals surface area contributed by atoms with Crippen molar-refractivity contribution in [1.29, 1.82) is 0 Å². The number of likely N-dealkylation sites (N-methyl/N-ethyl adjacent to an activating group) is 2. The quantitative estimate of drug-likeness (QED) is 0.0191. The van der Waals surface area contributed by atoms with Crippen LogP contribution in [0.5, 0.6) is 0 Å². The molecule has 8 rings (SSSR count). The highest BCUT2D eigenvalue weighted by Crippen LogP contribution is 2.41. The van der Waals surface area contributed by atoms with Crippen LogP contribution < -0.4 is 31.9 Å². The van der Waals surface area contributed by atoms with Gasteiger partial charge in [0.05, 0.1) is 18.1 Å². The van der Waals surface area contributed by atoms with Crippen molar-refractivity contribution >= 4 is 52.7 Å². The zero-order valence-electron chi connectivity index (χ0n) is 55.6. The van der Waals surface area contributed by atoms with Gasteiger partial charge in [-0.15, -0.1) is 0 Å².